The van der Waals surface area contributed by atoms with Gasteiger partial charge >= 0.3 is 0 Å². The number of sulfonamides is 2. The predicted octanol–water partition coefficient (Wildman–Crippen LogP) is 3.54. The van der Waals surface area contributed by atoms with Crippen LogP contribution in [0, 0.1) is 0 Å². The van der Waals surface area contributed by atoms with Gasteiger partial charge in [-0.2, -0.15) is 8.61 Å². The van der Waals surface area contributed by atoms with E-state index < -0.39 is 32.0 Å². The van der Waals surface area contributed by atoms with Crippen LogP contribution in [0.15, 0.2) is 113 Å². The minimum atomic E-state index is -4.07. The summed E-state index contributed by atoms with van der Waals surface area (Å²) in [6, 6.07) is 27.4. The quantitative estimate of drug-likeness (QED) is 0.407. The van der Waals surface area contributed by atoms with E-state index in [0.717, 1.165) is 15.1 Å². The van der Waals surface area contributed by atoms with Crippen molar-refractivity contribution in [1.82, 2.24) is 8.61 Å². The van der Waals surface area contributed by atoms with E-state index in [2.05, 4.69) is 5.32 Å². The average molecular weight is 536 g/mol. The van der Waals surface area contributed by atoms with Gasteiger partial charge in [-0.05, 0) is 35.7 Å². The number of benzene rings is 4. The molecule has 0 unspecified atom stereocenters. The zero-order valence-corrected chi connectivity index (χ0v) is 21.4. The first kappa shape index (κ1) is 25.1. The Labute approximate surface area is 216 Å². The van der Waals surface area contributed by atoms with Crippen LogP contribution in [0.25, 0.3) is 10.8 Å². The summed E-state index contributed by atoms with van der Waals surface area (Å²) in [6.45, 7) is -0.571. The van der Waals surface area contributed by atoms with Crippen molar-refractivity contribution in [2.24, 2.45) is 0 Å². The number of hydrogen-bond acceptors (Lipinski definition) is 5. The Bertz CT molecular complexity index is 1640. The summed E-state index contributed by atoms with van der Waals surface area (Å²) >= 11 is 0. The fourth-order valence-corrected chi connectivity index (χ4v) is 7.53. The van der Waals surface area contributed by atoms with Crippen LogP contribution in [0.4, 0.5) is 5.69 Å². The Kier molecular flexibility index (Phi) is 6.82. The predicted molar refractivity (Wildman–Crippen MR) is 142 cm³/mol. The van der Waals surface area contributed by atoms with Crippen molar-refractivity contribution in [1.29, 1.82) is 0 Å². The Hall–Kier alpha value is -3.57. The number of hydrogen-bond donors (Lipinski definition) is 1. The molecule has 0 aliphatic carbocycles. The maximum atomic E-state index is 13.7. The molecule has 0 radical (unpaired) electrons. The summed E-state index contributed by atoms with van der Waals surface area (Å²) in [7, 11) is -8.01. The molecule has 1 amide bonds. The van der Waals surface area contributed by atoms with Gasteiger partial charge in [0.15, 0.2) is 0 Å². The number of carbonyl (C=O) groups excluding carboxylic acids is 1. The average Bonchev–Trinajstić information content (AvgIpc) is 2.94. The summed E-state index contributed by atoms with van der Waals surface area (Å²) in [5.41, 5.74) is 0.517. The zero-order chi connectivity index (χ0) is 26.0. The molecule has 10 heteroatoms. The summed E-state index contributed by atoms with van der Waals surface area (Å²) in [4.78, 5) is 13.8. The van der Waals surface area contributed by atoms with Crippen molar-refractivity contribution in [3.05, 3.63) is 103 Å². The number of piperazine rings is 1. The number of amides is 1. The van der Waals surface area contributed by atoms with Crippen LogP contribution in [0.3, 0.4) is 0 Å². The van der Waals surface area contributed by atoms with Crippen molar-refractivity contribution in [3.8, 4) is 0 Å². The molecule has 0 bridgehead atoms. The summed E-state index contributed by atoms with van der Waals surface area (Å²) in [6.07, 6.45) is 0. The van der Waals surface area contributed by atoms with Crippen LogP contribution in [0.2, 0.25) is 0 Å². The van der Waals surface area contributed by atoms with Crippen molar-refractivity contribution in [2.75, 3.05) is 25.0 Å². The molecule has 8 nitrogen and oxygen atoms in total. The van der Waals surface area contributed by atoms with Gasteiger partial charge in [0.25, 0.3) is 0 Å². The van der Waals surface area contributed by atoms with Gasteiger partial charge in [-0.15, -0.1) is 0 Å². The molecule has 37 heavy (non-hydrogen) atoms. The smallest absolute Gasteiger partial charge is 0.244 e. The molecule has 4 aromatic rings. The lowest BCUT2D eigenvalue weighted by Gasteiger charge is -2.39. The molecule has 1 heterocycles. The van der Waals surface area contributed by atoms with Crippen LogP contribution in [-0.2, 0) is 24.8 Å². The molecule has 1 N–H and O–H groups in total. The van der Waals surface area contributed by atoms with Gasteiger partial charge in [-0.3, -0.25) is 4.79 Å². The second-order valence-corrected chi connectivity index (χ2v) is 12.5. The van der Waals surface area contributed by atoms with E-state index in [1.54, 1.807) is 48.5 Å². The highest BCUT2D eigenvalue weighted by Crippen LogP contribution is 2.28. The molecule has 190 valence electrons. The van der Waals surface area contributed by atoms with Crippen LogP contribution >= 0.6 is 0 Å². The molecular formula is C27H25N3O5S2. The normalized spacial score (nSPS) is 17.5. The van der Waals surface area contributed by atoms with E-state index in [1.807, 2.05) is 30.3 Å². The lowest BCUT2D eigenvalue weighted by atomic mass is 10.1. The van der Waals surface area contributed by atoms with Gasteiger partial charge in [-0.1, -0.05) is 72.8 Å². The molecule has 0 aromatic heterocycles. The third-order valence-corrected chi connectivity index (χ3v) is 10.2. The summed E-state index contributed by atoms with van der Waals surface area (Å²) in [5.74, 6) is -0.608. The Morgan fingerprint density at radius 2 is 1.24 bits per heavy atom. The van der Waals surface area contributed by atoms with Crippen LogP contribution < -0.4 is 5.32 Å². The number of fused-ring (bicyclic) bond motifs is 1. The maximum absolute atomic E-state index is 13.7. The van der Waals surface area contributed by atoms with E-state index in [0.29, 0.717) is 5.69 Å². The Morgan fingerprint density at radius 3 is 1.92 bits per heavy atom. The molecule has 1 saturated heterocycles. The van der Waals surface area contributed by atoms with Gasteiger partial charge < -0.3 is 5.32 Å². The summed E-state index contributed by atoms with van der Waals surface area (Å²) < 4.78 is 56.1. The third-order valence-electron chi connectivity index (χ3n) is 6.37. The highest BCUT2D eigenvalue weighted by molar-refractivity contribution is 7.89. The summed E-state index contributed by atoms with van der Waals surface area (Å²) in [5, 5.41) is 4.55. The Morgan fingerprint density at radius 1 is 0.676 bits per heavy atom. The van der Waals surface area contributed by atoms with E-state index in [-0.39, 0.29) is 29.4 Å². The van der Waals surface area contributed by atoms with Crippen molar-refractivity contribution in [3.63, 3.8) is 0 Å². The number of nitrogens with one attached hydrogen (secondary N) is 1. The third kappa shape index (κ3) is 4.88. The van der Waals surface area contributed by atoms with Crippen molar-refractivity contribution < 1.29 is 21.6 Å². The number of rotatable bonds is 6. The molecule has 5 rings (SSSR count). The van der Waals surface area contributed by atoms with E-state index in [1.165, 1.54) is 28.6 Å². The van der Waals surface area contributed by atoms with E-state index in [9.17, 15) is 21.6 Å². The topological polar surface area (TPSA) is 104 Å². The molecular weight excluding hydrogens is 510 g/mol. The largest absolute Gasteiger partial charge is 0.324 e. The van der Waals surface area contributed by atoms with Gasteiger partial charge in [-0.25, -0.2) is 16.8 Å². The molecule has 1 atom stereocenters. The fourth-order valence-electron chi connectivity index (χ4n) is 4.48. The van der Waals surface area contributed by atoms with Crippen LogP contribution in [0.1, 0.15) is 0 Å². The minimum absolute atomic E-state index is 0.0392. The minimum Gasteiger partial charge on any atom is -0.324 e. The lowest BCUT2D eigenvalue weighted by Crippen LogP contribution is -2.60. The van der Waals surface area contributed by atoms with Gasteiger partial charge in [0.1, 0.15) is 6.04 Å². The van der Waals surface area contributed by atoms with Crippen molar-refractivity contribution >= 4 is 42.4 Å². The SMILES string of the molecule is O=C(Nc1cccc2ccccc12)[C@H]1CN(S(=O)(=O)c2ccccc2)CCN1S(=O)(=O)c1ccccc1. The number of nitrogens with zero attached hydrogens (tertiary/aromatic N) is 2. The highest BCUT2D eigenvalue weighted by atomic mass is 32.2. The second kappa shape index (κ2) is 10.1. The molecule has 4 aromatic carbocycles. The van der Waals surface area contributed by atoms with Gasteiger partial charge in [0.2, 0.25) is 26.0 Å². The maximum Gasteiger partial charge on any atom is 0.244 e. The lowest BCUT2D eigenvalue weighted by molar-refractivity contribution is -0.120. The fraction of sp³-hybridized carbons (Fsp3) is 0.148. The molecule has 1 aliphatic heterocycles. The van der Waals surface area contributed by atoms with E-state index in [4.69, 9.17) is 0 Å². The van der Waals surface area contributed by atoms with Crippen LogP contribution in [0.5, 0.6) is 0 Å². The second-order valence-electron chi connectivity index (χ2n) is 8.64. The van der Waals surface area contributed by atoms with Gasteiger partial charge in [0.05, 0.1) is 9.79 Å². The molecule has 0 spiro atoms. The first-order chi connectivity index (χ1) is 17.8. The first-order valence-electron chi connectivity index (χ1n) is 11.7. The van der Waals surface area contributed by atoms with E-state index >= 15 is 0 Å². The highest BCUT2D eigenvalue weighted by Gasteiger charge is 2.43. The van der Waals surface area contributed by atoms with Crippen LogP contribution in [-0.4, -0.2) is 57.0 Å². The standard InChI is InChI=1S/C27H25N3O5S2/c31-27(28-25-17-9-11-21-10-7-8-16-24(21)25)26-20-29(36(32,33)22-12-3-1-4-13-22)18-19-30(26)37(34,35)23-14-5-2-6-15-23/h1-17,26H,18-20H2,(H,28,31)/t26-/m1/s1. The number of carbonyl (C=O) groups is 1. The Balaban J connectivity index is 1.52. The molecule has 1 fully saturated rings. The first-order valence-corrected chi connectivity index (χ1v) is 14.6. The zero-order valence-electron chi connectivity index (χ0n) is 19.8. The molecule has 1 aliphatic rings. The monoisotopic (exact) mass is 535 g/mol. The molecule has 0 saturated carbocycles. The van der Waals surface area contributed by atoms with Gasteiger partial charge in [0, 0.05) is 30.7 Å². The number of anilines is 1. The van der Waals surface area contributed by atoms with Crippen molar-refractivity contribution in [2.45, 2.75) is 15.8 Å².